The molecule has 1 saturated heterocycles. The molecule has 110 valence electrons. The summed E-state index contributed by atoms with van der Waals surface area (Å²) in [7, 11) is 0. The molecule has 1 aromatic heterocycles. The number of amides is 1. The molecule has 1 aliphatic rings. The highest BCUT2D eigenvalue weighted by Crippen LogP contribution is 2.21. The van der Waals surface area contributed by atoms with Crippen LogP contribution in [-0.2, 0) is 0 Å². The molecular weight excluding hydrogens is 273 g/mol. The van der Waals surface area contributed by atoms with Crippen LogP contribution in [0.3, 0.4) is 0 Å². The summed E-state index contributed by atoms with van der Waals surface area (Å²) < 4.78 is 18.3. The Morgan fingerprint density at radius 3 is 2.57 bits per heavy atom. The molecule has 0 N–H and O–H groups in total. The van der Waals surface area contributed by atoms with Gasteiger partial charge in [-0.05, 0) is 43.0 Å². The minimum atomic E-state index is -0.336. The van der Waals surface area contributed by atoms with Gasteiger partial charge in [0.25, 0.3) is 0 Å². The van der Waals surface area contributed by atoms with Crippen molar-refractivity contribution in [3.8, 4) is 11.5 Å². The average molecular weight is 289 g/mol. The summed E-state index contributed by atoms with van der Waals surface area (Å²) >= 11 is 0. The first kappa shape index (κ1) is 13.7. The van der Waals surface area contributed by atoms with E-state index >= 15 is 0 Å². The highest BCUT2D eigenvalue weighted by atomic mass is 19.1. The number of piperidine rings is 1. The lowest BCUT2D eigenvalue weighted by Crippen LogP contribution is -2.38. The maximum atomic E-state index is 12.9. The zero-order chi connectivity index (χ0) is 14.8. The van der Waals surface area contributed by atoms with Crippen LogP contribution in [0.5, 0.6) is 0 Å². The molecule has 5 nitrogen and oxygen atoms in total. The lowest BCUT2D eigenvalue weighted by Gasteiger charge is -2.29. The second-order valence-electron chi connectivity index (χ2n) is 5.39. The second kappa shape index (κ2) is 5.63. The Balaban J connectivity index is 1.75. The van der Waals surface area contributed by atoms with Crippen molar-refractivity contribution in [2.24, 2.45) is 5.92 Å². The number of benzene rings is 1. The summed E-state index contributed by atoms with van der Waals surface area (Å²) in [6.45, 7) is 3.61. The van der Waals surface area contributed by atoms with E-state index in [1.807, 2.05) is 0 Å². The molecular formula is C15H16FN3O2. The van der Waals surface area contributed by atoms with Crippen molar-refractivity contribution in [2.75, 3.05) is 13.1 Å². The van der Waals surface area contributed by atoms with E-state index in [1.54, 1.807) is 17.0 Å². The molecule has 0 spiro atoms. The van der Waals surface area contributed by atoms with E-state index in [2.05, 4.69) is 17.1 Å². The predicted octanol–water partition coefficient (Wildman–Crippen LogP) is 2.75. The zero-order valence-electron chi connectivity index (χ0n) is 11.8. The fourth-order valence-corrected chi connectivity index (χ4v) is 2.37. The molecule has 2 aromatic rings. The molecule has 0 aliphatic carbocycles. The van der Waals surface area contributed by atoms with Crippen molar-refractivity contribution in [1.29, 1.82) is 0 Å². The molecule has 21 heavy (non-hydrogen) atoms. The number of carbonyl (C=O) groups is 1. The Morgan fingerprint density at radius 2 is 1.90 bits per heavy atom. The standard InChI is InChI=1S/C15H16FN3O2/c1-10-6-8-19(9-7-10)15(20)14-18-17-13(21-14)11-2-4-12(16)5-3-11/h2-5,10H,6-9H2,1H3. The van der Waals surface area contributed by atoms with Crippen molar-refractivity contribution in [2.45, 2.75) is 19.8 Å². The summed E-state index contributed by atoms with van der Waals surface area (Å²) in [5.74, 6) is 0.291. The SMILES string of the molecule is CC1CCN(C(=O)c2nnc(-c3ccc(F)cc3)o2)CC1. The second-order valence-corrected chi connectivity index (χ2v) is 5.39. The monoisotopic (exact) mass is 289 g/mol. The summed E-state index contributed by atoms with van der Waals surface area (Å²) in [6.07, 6.45) is 1.98. The van der Waals surface area contributed by atoms with Gasteiger partial charge in [0.15, 0.2) is 0 Å². The smallest absolute Gasteiger partial charge is 0.311 e. The van der Waals surface area contributed by atoms with Gasteiger partial charge in [-0.1, -0.05) is 6.92 Å². The number of likely N-dealkylation sites (tertiary alicyclic amines) is 1. The van der Waals surface area contributed by atoms with Gasteiger partial charge in [0, 0.05) is 18.7 Å². The van der Waals surface area contributed by atoms with Gasteiger partial charge in [-0.15, -0.1) is 10.2 Å². The van der Waals surface area contributed by atoms with E-state index in [9.17, 15) is 9.18 Å². The number of rotatable bonds is 2. The van der Waals surface area contributed by atoms with Crippen LogP contribution in [0, 0.1) is 11.7 Å². The first-order valence-corrected chi connectivity index (χ1v) is 7.02. The third-order valence-corrected chi connectivity index (χ3v) is 3.77. The van der Waals surface area contributed by atoms with E-state index in [0.717, 1.165) is 12.8 Å². The first-order chi connectivity index (χ1) is 10.1. The normalized spacial score (nSPS) is 16.2. The van der Waals surface area contributed by atoms with E-state index in [0.29, 0.717) is 24.6 Å². The summed E-state index contributed by atoms with van der Waals surface area (Å²) in [5, 5.41) is 7.67. The van der Waals surface area contributed by atoms with Crippen LogP contribution in [-0.4, -0.2) is 34.1 Å². The van der Waals surface area contributed by atoms with E-state index in [-0.39, 0.29) is 23.5 Å². The molecule has 6 heteroatoms. The molecule has 3 rings (SSSR count). The fraction of sp³-hybridized carbons (Fsp3) is 0.400. The molecule has 0 bridgehead atoms. The summed E-state index contributed by atoms with van der Waals surface area (Å²) in [5.41, 5.74) is 0.593. The third-order valence-electron chi connectivity index (χ3n) is 3.77. The summed E-state index contributed by atoms with van der Waals surface area (Å²) in [4.78, 5) is 14.0. The van der Waals surface area contributed by atoms with E-state index in [1.165, 1.54) is 12.1 Å². The molecule has 1 fully saturated rings. The minimum absolute atomic E-state index is 0.0103. The van der Waals surface area contributed by atoms with Crippen molar-refractivity contribution in [3.63, 3.8) is 0 Å². The van der Waals surface area contributed by atoms with Gasteiger partial charge in [-0.3, -0.25) is 4.79 Å². The molecule has 1 aliphatic heterocycles. The predicted molar refractivity (Wildman–Crippen MR) is 74.0 cm³/mol. The Hall–Kier alpha value is -2.24. The van der Waals surface area contributed by atoms with Crippen molar-refractivity contribution < 1.29 is 13.6 Å². The van der Waals surface area contributed by atoms with Crippen LogP contribution in [0.4, 0.5) is 4.39 Å². The van der Waals surface area contributed by atoms with Crippen LogP contribution < -0.4 is 0 Å². The zero-order valence-corrected chi connectivity index (χ0v) is 11.8. The number of hydrogen-bond acceptors (Lipinski definition) is 4. The highest BCUT2D eigenvalue weighted by Gasteiger charge is 2.25. The van der Waals surface area contributed by atoms with Gasteiger partial charge in [-0.2, -0.15) is 0 Å². The number of carbonyl (C=O) groups excluding carboxylic acids is 1. The van der Waals surface area contributed by atoms with Gasteiger partial charge in [0.2, 0.25) is 5.89 Å². The quantitative estimate of drug-likeness (QED) is 0.853. The van der Waals surface area contributed by atoms with Crippen molar-refractivity contribution in [3.05, 3.63) is 36.0 Å². The average Bonchev–Trinajstić information content (AvgIpc) is 2.98. The van der Waals surface area contributed by atoms with Gasteiger partial charge in [-0.25, -0.2) is 4.39 Å². The van der Waals surface area contributed by atoms with Gasteiger partial charge >= 0.3 is 11.8 Å². The van der Waals surface area contributed by atoms with Gasteiger partial charge in [0.05, 0.1) is 0 Å². The molecule has 0 unspecified atom stereocenters. The molecule has 1 amide bonds. The Kier molecular flexibility index (Phi) is 3.68. The van der Waals surface area contributed by atoms with Crippen LogP contribution >= 0.6 is 0 Å². The molecule has 2 heterocycles. The maximum Gasteiger partial charge on any atom is 0.311 e. The van der Waals surface area contributed by atoms with E-state index < -0.39 is 0 Å². The van der Waals surface area contributed by atoms with Gasteiger partial charge < -0.3 is 9.32 Å². The van der Waals surface area contributed by atoms with Crippen LogP contribution in [0.2, 0.25) is 0 Å². The Morgan fingerprint density at radius 1 is 1.24 bits per heavy atom. The maximum absolute atomic E-state index is 12.9. The summed E-state index contributed by atoms with van der Waals surface area (Å²) in [6, 6.07) is 5.71. The Bertz CT molecular complexity index is 631. The minimum Gasteiger partial charge on any atom is -0.412 e. The third kappa shape index (κ3) is 2.94. The number of nitrogens with zero attached hydrogens (tertiary/aromatic N) is 3. The first-order valence-electron chi connectivity index (χ1n) is 7.02. The van der Waals surface area contributed by atoms with Crippen molar-refractivity contribution >= 4 is 5.91 Å². The topological polar surface area (TPSA) is 59.2 Å². The molecule has 0 saturated carbocycles. The van der Waals surface area contributed by atoms with E-state index in [4.69, 9.17) is 4.42 Å². The van der Waals surface area contributed by atoms with Crippen LogP contribution in [0.1, 0.15) is 30.5 Å². The van der Waals surface area contributed by atoms with Crippen LogP contribution in [0.15, 0.2) is 28.7 Å². The molecule has 1 aromatic carbocycles. The molecule has 0 atom stereocenters. The number of halogens is 1. The fourth-order valence-electron chi connectivity index (χ4n) is 2.37. The largest absolute Gasteiger partial charge is 0.412 e. The van der Waals surface area contributed by atoms with Gasteiger partial charge in [0.1, 0.15) is 5.82 Å². The van der Waals surface area contributed by atoms with Crippen molar-refractivity contribution in [1.82, 2.24) is 15.1 Å². The lowest BCUT2D eigenvalue weighted by molar-refractivity contribution is 0.0657. The highest BCUT2D eigenvalue weighted by molar-refractivity contribution is 5.89. The van der Waals surface area contributed by atoms with Crippen LogP contribution in [0.25, 0.3) is 11.5 Å². The number of hydrogen-bond donors (Lipinski definition) is 0. The molecule has 0 radical (unpaired) electrons. The number of aromatic nitrogens is 2. The lowest BCUT2D eigenvalue weighted by atomic mass is 9.99. The Labute approximate surface area is 121 Å².